The van der Waals surface area contributed by atoms with Crippen molar-refractivity contribution >= 4 is 78.6 Å². The summed E-state index contributed by atoms with van der Waals surface area (Å²) in [5, 5.41) is 2.19. The number of benzene rings is 2. The first-order chi connectivity index (χ1) is 17.0. The summed E-state index contributed by atoms with van der Waals surface area (Å²) in [6.07, 6.45) is 0.856. The van der Waals surface area contributed by atoms with E-state index in [1.165, 1.54) is 32.2 Å². The van der Waals surface area contributed by atoms with E-state index in [0.717, 1.165) is 10.0 Å². The molecule has 7 nitrogen and oxygen atoms in total. The lowest BCUT2D eigenvalue weighted by Crippen LogP contribution is -2.56. The maximum Gasteiger partial charge on any atom is 0.273 e. The fourth-order valence-corrected chi connectivity index (χ4v) is 6.13. The molecule has 2 aliphatic rings. The van der Waals surface area contributed by atoms with Gasteiger partial charge in [-0.05, 0) is 62.2 Å². The molecule has 2 aromatic rings. The van der Waals surface area contributed by atoms with E-state index in [0.29, 0.717) is 24.2 Å². The SMILES string of the molecule is COc1ccc(C(=O)[C@H](C)N(C(=O)c2ccc(Cl)c(Cl)c2)N2C(=O)[C@@H]3C[C@@H](Br)[C@@H](Br)C[C@H]3C2=O)cc1. The summed E-state index contributed by atoms with van der Waals surface area (Å²) in [6, 6.07) is 9.45. The minimum Gasteiger partial charge on any atom is -0.497 e. The molecule has 5 atom stereocenters. The van der Waals surface area contributed by atoms with E-state index >= 15 is 0 Å². The molecule has 1 aliphatic heterocycles. The molecule has 0 bridgehead atoms. The Morgan fingerprint density at radius 3 is 1.97 bits per heavy atom. The quantitative estimate of drug-likeness (QED) is 0.231. The van der Waals surface area contributed by atoms with E-state index in [4.69, 9.17) is 27.9 Å². The molecular weight excluding hydrogens is 639 g/mol. The van der Waals surface area contributed by atoms with Crippen LogP contribution in [0.25, 0.3) is 0 Å². The van der Waals surface area contributed by atoms with Crippen molar-refractivity contribution in [1.29, 1.82) is 0 Å². The molecule has 2 aromatic carbocycles. The average Bonchev–Trinajstić information content (AvgIpc) is 3.10. The third kappa shape index (κ3) is 4.95. The van der Waals surface area contributed by atoms with Gasteiger partial charge in [0.15, 0.2) is 5.78 Å². The second-order valence-electron chi connectivity index (χ2n) is 8.75. The Labute approximate surface area is 235 Å². The van der Waals surface area contributed by atoms with E-state index in [1.54, 1.807) is 24.3 Å². The summed E-state index contributed by atoms with van der Waals surface area (Å²) in [4.78, 5) is 54.4. The zero-order valence-electron chi connectivity index (χ0n) is 19.3. The number of ether oxygens (including phenoxy) is 1. The van der Waals surface area contributed by atoms with Crippen LogP contribution in [0.4, 0.5) is 0 Å². The minimum atomic E-state index is -1.17. The van der Waals surface area contributed by atoms with Crippen LogP contribution in [-0.2, 0) is 9.59 Å². The zero-order chi connectivity index (χ0) is 26.3. The van der Waals surface area contributed by atoms with Crippen molar-refractivity contribution < 1.29 is 23.9 Å². The van der Waals surface area contributed by atoms with Crippen LogP contribution in [0.3, 0.4) is 0 Å². The molecule has 1 saturated heterocycles. The highest BCUT2D eigenvalue weighted by molar-refractivity contribution is 9.12. The molecule has 0 unspecified atom stereocenters. The number of imide groups is 1. The van der Waals surface area contributed by atoms with Gasteiger partial charge in [0.25, 0.3) is 17.7 Å². The van der Waals surface area contributed by atoms with Gasteiger partial charge in [0.05, 0.1) is 29.0 Å². The lowest BCUT2D eigenvalue weighted by atomic mass is 9.81. The highest BCUT2D eigenvalue weighted by Crippen LogP contribution is 2.44. The fraction of sp³-hybridized carbons (Fsp3) is 0.360. The summed E-state index contributed by atoms with van der Waals surface area (Å²) in [5.41, 5.74) is 0.388. The van der Waals surface area contributed by atoms with Crippen molar-refractivity contribution in [3.63, 3.8) is 0 Å². The van der Waals surface area contributed by atoms with Crippen LogP contribution in [0.1, 0.15) is 40.5 Å². The fourth-order valence-electron chi connectivity index (χ4n) is 4.60. The van der Waals surface area contributed by atoms with E-state index in [1.807, 2.05) is 0 Å². The van der Waals surface area contributed by atoms with Crippen LogP contribution in [0.15, 0.2) is 42.5 Å². The number of carbonyl (C=O) groups is 4. The van der Waals surface area contributed by atoms with Gasteiger partial charge in [0.1, 0.15) is 11.8 Å². The zero-order valence-corrected chi connectivity index (χ0v) is 24.0. The summed E-state index contributed by atoms with van der Waals surface area (Å²) < 4.78 is 5.15. The maximum atomic E-state index is 13.8. The van der Waals surface area contributed by atoms with E-state index in [-0.39, 0.29) is 25.3 Å². The van der Waals surface area contributed by atoms with Gasteiger partial charge in [-0.1, -0.05) is 55.1 Å². The van der Waals surface area contributed by atoms with Crippen LogP contribution >= 0.6 is 55.1 Å². The number of ketones is 1. The Kier molecular flexibility index (Phi) is 8.14. The predicted octanol–water partition coefficient (Wildman–Crippen LogP) is 5.55. The van der Waals surface area contributed by atoms with Crippen LogP contribution in [-0.4, -0.2) is 56.3 Å². The van der Waals surface area contributed by atoms with Crippen LogP contribution in [0, 0.1) is 11.8 Å². The number of amides is 3. The van der Waals surface area contributed by atoms with Gasteiger partial charge in [0, 0.05) is 20.8 Å². The van der Waals surface area contributed by atoms with Crippen molar-refractivity contribution in [2.45, 2.75) is 35.5 Å². The molecule has 2 fully saturated rings. The molecule has 0 aromatic heterocycles. The number of rotatable bonds is 6. The molecule has 190 valence electrons. The number of hydrogen-bond donors (Lipinski definition) is 0. The van der Waals surface area contributed by atoms with E-state index in [2.05, 4.69) is 31.9 Å². The molecule has 0 N–H and O–H groups in total. The monoisotopic (exact) mass is 658 g/mol. The van der Waals surface area contributed by atoms with Gasteiger partial charge in [-0.15, -0.1) is 0 Å². The van der Waals surface area contributed by atoms with Crippen molar-refractivity contribution in [3.8, 4) is 5.75 Å². The second-order valence-corrected chi connectivity index (χ2v) is 11.9. The Morgan fingerprint density at radius 2 is 1.47 bits per heavy atom. The number of alkyl halides is 2. The third-order valence-electron chi connectivity index (χ3n) is 6.60. The third-order valence-corrected chi connectivity index (χ3v) is 10.1. The van der Waals surface area contributed by atoms with Crippen LogP contribution in [0.5, 0.6) is 5.75 Å². The Bertz CT molecular complexity index is 1200. The molecular formula is C25H22Br2Cl2N2O5. The lowest BCUT2D eigenvalue weighted by Gasteiger charge is -2.34. The summed E-state index contributed by atoms with van der Waals surface area (Å²) in [5.74, 6) is -2.79. The van der Waals surface area contributed by atoms with Crippen LogP contribution < -0.4 is 4.74 Å². The molecule has 3 amide bonds. The van der Waals surface area contributed by atoms with Gasteiger partial charge in [-0.3, -0.25) is 19.2 Å². The van der Waals surface area contributed by atoms with Gasteiger partial charge in [-0.2, -0.15) is 5.01 Å². The normalized spacial score (nSPS) is 24.3. The average molecular weight is 661 g/mol. The number of carbonyl (C=O) groups excluding carboxylic acids is 4. The lowest BCUT2D eigenvalue weighted by molar-refractivity contribution is -0.156. The number of methoxy groups -OCH3 is 1. The Morgan fingerprint density at radius 1 is 0.944 bits per heavy atom. The minimum absolute atomic E-state index is 0.00646. The van der Waals surface area contributed by atoms with Gasteiger partial charge >= 0.3 is 0 Å². The number of nitrogens with zero attached hydrogens (tertiary/aromatic N) is 2. The molecule has 1 heterocycles. The second kappa shape index (κ2) is 10.8. The molecule has 1 saturated carbocycles. The molecule has 4 rings (SSSR count). The molecule has 11 heteroatoms. The van der Waals surface area contributed by atoms with Gasteiger partial charge < -0.3 is 4.74 Å². The molecule has 0 spiro atoms. The van der Waals surface area contributed by atoms with Crippen molar-refractivity contribution in [2.24, 2.45) is 11.8 Å². The predicted molar refractivity (Wildman–Crippen MR) is 143 cm³/mol. The Hall–Kier alpha value is -1.94. The first-order valence-electron chi connectivity index (χ1n) is 11.2. The van der Waals surface area contributed by atoms with Crippen molar-refractivity contribution in [2.75, 3.05) is 7.11 Å². The first kappa shape index (κ1) is 27.1. The maximum absolute atomic E-state index is 13.8. The van der Waals surface area contributed by atoms with Gasteiger partial charge in [0.2, 0.25) is 0 Å². The largest absolute Gasteiger partial charge is 0.497 e. The number of hydrogen-bond acceptors (Lipinski definition) is 5. The molecule has 0 radical (unpaired) electrons. The number of hydrazine groups is 1. The summed E-state index contributed by atoms with van der Waals surface area (Å²) in [6.45, 7) is 1.49. The smallest absolute Gasteiger partial charge is 0.273 e. The molecule has 1 aliphatic carbocycles. The van der Waals surface area contributed by atoms with E-state index in [9.17, 15) is 19.2 Å². The van der Waals surface area contributed by atoms with Gasteiger partial charge in [-0.25, -0.2) is 5.01 Å². The standard InChI is InChI=1S/C25H22Br2Cl2N2O5/c1-12(22(32)13-3-6-15(36-2)7-4-13)30(23(33)14-5-8-20(28)21(29)9-14)31-24(34)16-10-18(26)19(27)11-17(16)25(31)35/h3-9,12,16-19H,10-11H2,1-2H3/t12-,16+,17+,18-,19+/m0/s1. The number of Topliss-reactive ketones (excluding diaryl/α,β-unsaturated/α-hetero) is 1. The number of fused-ring (bicyclic) bond motifs is 1. The molecule has 36 heavy (non-hydrogen) atoms. The summed E-state index contributed by atoms with van der Waals surface area (Å²) >= 11 is 19.3. The number of halogens is 4. The highest BCUT2D eigenvalue weighted by Gasteiger charge is 2.55. The highest BCUT2D eigenvalue weighted by atomic mass is 79.9. The first-order valence-corrected chi connectivity index (χ1v) is 13.8. The van der Waals surface area contributed by atoms with Crippen molar-refractivity contribution in [3.05, 3.63) is 63.6 Å². The van der Waals surface area contributed by atoms with Crippen molar-refractivity contribution in [1.82, 2.24) is 10.0 Å². The van der Waals surface area contributed by atoms with E-state index < -0.39 is 41.4 Å². The topological polar surface area (TPSA) is 84.0 Å². The Balaban J connectivity index is 1.75. The van der Waals surface area contributed by atoms with Crippen LogP contribution in [0.2, 0.25) is 10.0 Å². The summed E-state index contributed by atoms with van der Waals surface area (Å²) in [7, 11) is 1.51.